The van der Waals surface area contributed by atoms with E-state index in [1.165, 1.54) is 62.0 Å². The maximum atomic E-state index is 14.5. The number of Topliss-reactive ketones (excluding diaryl/α,β-unsaturated/α-hetero) is 2. The Hall–Kier alpha value is -3.67. The number of aliphatic hydroxyl groups excluding tert-OH is 4. The second-order valence-corrected chi connectivity index (χ2v) is 26.2. The summed E-state index contributed by atoms with van der Waals surface area (Å²) in [6, 6.07) is 8.50. The third kappa shape index (κ3) is 16.2. The van der Waals surface area contributed by atoms with E-state index in [2.05, 4.69) is 34.5 Å². The minimum absolute atomic E-state index is 0.0317. The van der Waals surface area contributed by atoms with E-state index >= 15 is 0 Å². The van der Waals surface area contributed by atoms with Gasteiger partial charge >= 0.3 is 0 Å². The summed E-state index contributed by atoms with van der Waals surface area (Å²) in [7, 11) is 8.69. The number of carbonyl (C=O) groups excluding carboxylic acids is 3. The van der Waals surface area contributed by atoms with Crippen LogP contribution < -0.4 is 25.0 Å². The Morgan fingerprint density at radius 2 is 1.59 bits per heavy atom. The number of halogens is 1. The highest BCUT2D eigenvalue weighted by atomic mass is 127. The SMILES string of the molecule is CCN[C@H]1CO[C@@H](O[C@H]2[C@H](O[C@H]3C#C/C=C\C#C[C@]4(O)CC(=O)C(CC(C)=O)=C3C4=CCSSc3ccccc3)O[C@H](C)[C@@H](NO[C@H]3C[C@H](O)[C@H](SC(=O)c4c(C)c(I)c(O[C@@H]5O[C@@H](C)[C@H](O)[C@@H](OC)[C@H]5O)c(OC)c4OC)[C@@H](C)O3)[C@@H]2O)C[C@@H]1OC. The summed E-state index contributed by atoms with van der Waals surface area (Å²) in [5.74, 6) is 11.5. The van der Waals surface area contributed by atoms with Gasteiger partial charge in [-0.15, -0.1) is 0 Å². The highest BCUT2D eigenvalue weighted by Gasteiger charge is 2.52. The van der Waals surface area contributed by atoms with Crippen LogP contribution in [-0.2, 0) is 52.3 Å². The van der Waals surface area contributed by atoms with E-state index in [0.717, 1.165) is 16.7 Å². The predicted molar refractivity (Wildman–Crippen MR) is 331 cm³/mol. The van der Waals surface area contributed by atoms with Crippen molar-refractivity contribution in [3.63, 3.8) is 0 Å². The van der Waals surface area contributed by atoms with E-state index in [0.29, 0.717) is 21.4 Å². The summed E-state index contributed by atoms with van der Waals surface area (Å²) in [5, 5.41) is 60.5. The first-order valence-electron chi connectivity index (χ1n) is 28.5. The number of thioether (sulfide) groups is 1. The lowest BCUT2D eigenvalue weighted by Crippen LogP contribution is -2.65. The summed E-state index contributed by atoms with van der Waals surface area (Å²) in [6.45, 7) is 10.9. The molecule has 8 rings (SSSR count). The van der Waals surface area contributed by atoms with Crippen LogP contribution in [0.1, 0.15) is 76.2 Å². The van der Waals surface area contributed by atoms with Crippen molar-refractivity contribution in [2.75, 3.05) is 47.3 Å². The van der Waals surface area contributed by atoms with Crippen molar-refractivity contribution in [2.24, 2.45) is 0 Å². The smallest absolute Gasteiger partial charge is 0.229 e. The number of ether oxygens (including phenoxy) is 11. The quantitative estimate of drug-likeness (QED) is 0.0262. The van der Waals surface area contributed by atoms with Gasteiger partial charge in [0.2, 0.25) is 17.2 Å². The van der Waals surface area contributed by atoms with Crippen molar-refractivity contribution in [1.29, 1.82) is 0 Å². The lowest BCUT2D eigenvalue weighted by molar-refractivity contribution is -0.336. The second-order valence-electron chi connectivity index (χ2n) is 21.6. The fourth-order valence-electron chi connectivity index (χ4n) is 11.2. The maximum absolute atomic E-state index is 14.5. The van der Waals surface area contributed by atoms with Crippen molar-refractivity contribution in [1.82, 2.24) is 10.8 Å². The van der Waals surface area contributed by atoms with Crippen LogP contribution in [0.25, 0.3) is 0 Å². The Labute approximate surface area is 532 Å². The first-order chi connectivity index (χ1) is 41.7. The highest BCUT2D eigenvalue weighted by Crippen LogP contribution is 2.49. The molecular weight excluding hydrogens is 1300 g/mol. The summed E-state index contributed by atoms with van der Waals surface area (Å²) in [6.07, 6.45) is -12.6. The zero-order valence-corrected chi connectivity index (χ0v) is 54.5. The molecule has 4 heterocycles. The van der Waals surface area contributed by atoms with Crippen molar-refractivity contribution in [3.05, 3.63) is 80.0 Å². The predicted octanol–water partition coefficient (Wildman–Crippen LogP) is 4.64. The summed E-state index contributed by atoms with van der Waals surface area (Å²) in [4.78, 5) is 48.8. The zero-order chi connectivity index (χ0) is 62.9. The molecule has 87 heavy (non-hydrogen) atoms. The largest absolute Gasteiger partial charge is 0.492 e. The van der Waals surface area contributed by atoms with E-state index in [1.807, 2.05) is 59.8 Å². The summed E-state index contributed by atoms with van der Waals surface area (Å²) < 4.78 is 68.0. The average molecular weight is 1380 g/mol. The Balaban J connectivity index is 1.02. The number of nitrogens with one attached hydrogen (secondary N) is 2. The van der Waals surface area contributed by atoms with E-state index < -0.39 is 120 Å². The number of rotatable bonds is 23. The van der Waals surface area contributed by atoms with Gasteiger partial charge in [0.05, 0.1) is 84.2 Å². The van der Waals surface area contributed by atoms with Crippen LogP contribution in [0.4, 0.5) is 0 Å². The van der Waals surface area contributed by atoms with Gasteiger partial charge in [-0.1, -0.05) is 88.2 Å². The number of likely N-dealkylation sites (N-methyl/N-ethyl adjacent to an activating group) is 1. The third-order valence-corrected chi connectivity index (χ3v) is 20.6. The van der Waals surface area contributed by atoms with Crippen molar-refractivity contribution < 1.29 is 96.9 Å². The van der Waals surface area contributed by atoms with Crippen LogP contribution in [0.2, 0.25) is 0 Å². The van der Waals surface area contributed by atoms with Gasteiger partial charge in [0.15, 0.2) is 41.8 Å². The number of methoxy groups -OCH3 is 4. The zero-order valence-electron chi connectivity index (χ0n) is 49.9. The number of carbonyl (C=O) groups is 3. The van der Waals surface area contributed by atoms with Crippen LogP contribution in [0.5, 0.6) is 17.2 Å². The Bertz CT molecular complexity index is 2980. The molecule has 26 heteroatoms. The molecule has 0 aromatic heterocycles. The van der Waals surface area contributed by atoms with Gasteiger partial charge < -0.3 is 83.0 Å². The van der Waals surface area contributed by atoms with Gasteiger partial charge in [-0.2, -0.15) is 5.48 Å². The number of allylic oxidation sites excluding steroid dienone is 3. The molecule has 476 valence electrons. The lowest BCUT2D eigenvalue weighted by Gasteiger charge is -2.46. The molecule has 4 aliphatic heterocycles. The van der Waals surface area contributed by atoms with Gasteiger partial charge in [-0.05, 0) is 93.6 Å². The number of aliphatic hydroxyl groups is 5. The number of ketones is 2. The van der Waals surface area contributed by atoms with E-state index in [4.69, 9.17) is 56.9 Å². The molecule has 2 aromatic carbocycles. The van der Waals surface area contributed by atoms with Crippen LogP contribution in [0.3, 0.4) is 0 Å². The minimum atomic E-state index is -2.01. The normalized spacial score (nSPS) is 35.1. The van der Waals surface area contributed by atoms with Crippen LogP contribution in [-0.4, -0.2) is 205 Å². The van der Waals surface area contributed by atoms with Gasteiger partial charge in [0.1, 0.15) is 42.4 Å². The fraction of sp³-hybridized carbons (Fsp3) is 0.590. The van der Waals surface area contributed by atoms with Crippen LogP contribution in [0, 0.1) is 34.2 Å². The molecule has 2 bridgehead atoms. The lowest BCUT2D eigenvalue weighted by atomic mass is 9.72. The number of hydroxylamine groups is 1. The van der Waals surface area contributed by atoms with Gasteiger partial charge in [0.25, 0.3) is 0 Å². The van der Waals surface area contributed by atoms with E-state index in [1.54, 1.807) is 40.9 Å². The molecule has 4 saturated heterocycles. The van der Waals surface area contributed by atoms with E-state index in [9.17, 15) is 39.9 Å². The standard InChI is InChI=1S/C61H77IN2O20S3/c1-11-63-38-29-77-43(27-42(38)73-7)82-55-50(69)48(32(4)79-60(55)81-41-21-17-12-13-18-23-61(72)28-40(67)36(25-30(2)65)46(41)37(61)22-24-85-87-35-19-15-14-16-20-35)64-84-44-26-39(66)57(34(6)78-44)86-58(71)45-31(3)47(62)53(56(76-10)52(45)74-8)83-59-51(70)54(75-9)49(68)33(5)80-59/h12-16,19-20,22,32-34,38-39,41-44,48-51,54-55,57,59-60,63-64,66,68-70,72H,11,24-29H2,1-10H3/b13-12-,37-22?/t32-,33+,34-,38+,39+,41+,42+,43+,44+,48-,49+,50+,51-,54-,55-,57-,59+,60+,61+/m1/s1. The van der Waals surface area contributed by atoms with Crippen molar-refractivity contribution >= 4 is 72.6 Å². The first-order valence-corrected chi connectivity index (χ1v) is 32.8. The maximum Gasteiger partial charge on any atom is 0.229 e. The molecule has 2 aromatic rings. The third-order valence-electron chi connectivity index (χ3n) is 15.7. The van der Waals surface area contributed by atoms with Crippen molar-refractivity contribution in [3.8, 4) is 40.9 Å². The molecular formula is C61H77IN2O20S3. The topological polar surface area (TPSA) is 287 Å². The molecule has 2 aliphatic carbocycles. The molecule has 6 aliphatic rings. The van der Waals surface area contributed by atoms with Crippen LogP contribution >= 0.6 is 55.9 Å². The van der Waals surface area contributed by atoms with Crippen molar-refractivity contribution in [2.45, 2.75) is 187 Å². The molecule has 22 nitrogen and oxygen atoms in total. The average Bonchev–Trinajstić information content (AvgIpc) is 0.940. The molecule has 0 spiro atoms. The highest BCUT2D eigenvalue weighted by molar-refractivity contribution is 14.1. The molecule has 0 radical (unpaired) electrons. The molecule has 0 unspecified atom stereocenters. The Morgan fingerprint density at radius 1 is 0.862 bits per heavy atom. The van der Waals surface area contributed by atoms with Crippen LogP contribution in [0.15, 0.2) is 70.2 Å². The number of benzene rings is 2. The van der Waals surface area contributed by atoms with Gasteiger partial charge in [0, 0.05) is 60.8 Å². The number of hydrogen-bond acceptors (Lipinski definition) is 25. The number of hydrogen-bond donors (Lipinski definition) is 7. The summed E-state index contributed by atoms with van der Waals surface area (Å²) >= 11 is 2.84. The summed E-state index contributed by atoms with van der Waals surface area (Å²) in [5.41, 5.74) is 1.99. The van der Waals surface area contributed by atoms with E-state index in [-0.39, 0.29) is 83.3 Å². The molecule has 0 saturated carbocycles. The molecule has 7 N–H and O–H groups in total. The van der Waals surface area contributed by atoms with Gasteiger partial charge in [-0.3, -0.25) is 19.2 Å². The molecule has 0 amide bonds. The fourth-order valence-corrected chi connectivity index (χ4v) is 14.9. The Kier molecular flexibility index (Phi) is 25.1. The molecule has 19 atom stereocenters. The monoisotopic (exact) mass is 1380 g/mol. The second kappa shape index (κ2) is 31.6. The Morgan fingerprint density at radius 3 is 2.26 bits per heavy atom. The van der Waals surface area contributed by atoms with Gasteiger partial charge in [-0.25, -0.2) is 0 Å². The first kappa shape index (κ1) is 69.2. The number of fused-ring (bicyclic) bond motifs is 2. The molecule has 4 fully saturated rings. The minimum Gasteiger partial charge on any atom is -0.492 e.